The summed E-state index contributed by atoms with van der Waals surface area (Å²) in [4.78, 5) is 2.79. The largest absolute Gasteiger partial charge is 0.317 e. The van der Waals surface area contributed by atoms with E-state index in [0.717, 1.165) is 12.0 Å². The van der Waals surface area contributed by atoms with Crippen molar-refractivity contribution >= 4 is 12.4 Å². The van der Waals surface area contributed by atoms with Gasteiger partial charge in [-0.05, 0) is 69.6 Å². The molecule has 3 rings (SSSR count). The van der Waals surface area contributed by atoms with Crippen LogP contribution in [-0.4, -0.2) is 37.1 Å². The Morgan fingerprint density at radius 2 is 1.81 bits per heavy atom. The SMILES string of the molecule is Cl.c1ccc(CCC2CCCN2CC2CCNCC2)cc1. The maximum absolute atomic E-state index is 3.48. The molecule has 2 heterocycles. The van der Waals surface area contributed by atoms with Crippen molar-refractivity contribution in [2.24, 2.45) is 5.92 Å². The highest BCUT2D eigenvalue weighted by Crippen LogP contribution is 2.25. The second kappa shape index (κ2) is 8.77. The molecule has 0 amide bonds. The highest BCUT2D eigenvalue weighted by atomic mass is 35.5. The molecule has 0 radical (unpaired) electrons. The maximum atomic E-state index is 3.48. The van der Waals surface area contributed by atoms with Crippen LogP contribution in [0.25, 0.3) is 0 Å². The van der Waals surface area contributed by atoms with E-state index in [9.17, 15) is 0 Å². The van der Waals surface area contributed by atoms with Crippen LogP contribution < -0.4 is 5.32 Å². The third-order valence-corrected chi connectivity index (χ3v) is 5.06. The van der Waals surface area contributed by atoms with Crippen molar-refractivity contribution in [2.45, 2.75) is 44.6 Å². The summed E-state index contributed by atoms with van der Waals surface area (Å²) in [6.45, 7) is 5.14. The van der Waals surface area contributed by atoms with Gasteiger partial charge in [0.2, 0.25) is 0 Å². The second-order valence-corrected chi connectivity index (χ2v) is 6.51. The van der Waals surface area contributed by atoms with Gasteiger partial charge in [0.25, 0.3) is 0 Å². The molecule has 2 saturated heterocycles. The minimum atomic E-state index is 0. The zero-order valence-corrected chi connectivity index (χ0v) is 13.8. The number of piperidine rings is 1. The van der Waals surface area contributed by atoms with Crippen molar-refractivity contribution in [3.05, 3.63) is 35.9 Å². The van der Waals surface area contributed by atoms with Gasteiger partial charge in [-0.2, -0.15) is 0 Å². The van der Waals surface area contributed by atoms with Crippen molar-refractivity contribution in [1.82, 2.24) is 10.2 Å². The second-order valence-electron chi connectivity index (χ2n) is 6.51. The van der Waals surface area contributed by atoms with Crippen molar-refractivity contribution in [3.63, 3.8) is 0 Å². The molecule has 1 atom stereocenters. The molecule has 1 N–H and O–H groups in total. The van der Waals surface area contributed by atoms with E-state index >= 15 is 0 Å². The number of hydrogen-bond acceptors (Lipinski definition) is 2. The van der Waals surface area contributed by atoms with Gasteiger partial charge in [0.15, 0.2) is 0 Å². The lowest BCUT2D eigenvalue weighted by Gasteiger charge is -2.31. The number of halogens is 1. The van der Waals surface area contributed by atoms with Gasteiger partial charge in [0, 0.05) is 12.6 Å². The third-order valence-electron chi connectivity index (χ3n) is 5.06. The molecule has 21 heavy (non-hydrogen) atoms. The Morgan fingerprint density at radius 1 is 1.05 bits per heavy atom. The standard InChI is InChI=1S/C18H28N2.ClH/c1-2-5-16(6-3-1)8-9-18-7-4-14-20(18)15-17-10-12-19-13-11-17;/h1-3,5-6,17-19H,4,7-15H2;1H. The first-order chi connectivity index (χ1) is 9.92. The van der Waals surface area contributed by atoms with E-state index in [1.807, 2.05) is 0 Å². The Hall–Kier alpha value is -0.570. The van der Waals surface area contributed by atoms with Gasteiger partial charge in [0.05, 0.1) is 0 Å². The van der Waals surface area contributed by atoms with Crippen LogP contribution in [0.2, 0.25) is 0 Å². The highest BCUT2D eigenvalue weighted by Gasteiger charge is 2.26. The van der Waals surface area contributed by atoms with Crippen molar-refractivity contribution in [1.29, 1.82) is 0 Å². The van der Waals surface area contributed by atoms with Gasteiger partial charge in [-0.25, -0.2) is 0 Å². The van der Waals surface area contributed by atoms with E-state index in [1.54, 1.807) is 0 Å². The minimum Gasteiger partial charge on any atom is -0.317 e. The zero-order chi connectivity index (χ0) is 13.6. The lowest BCUT2D eigenvalue weighted by molar-refractivity contribution is 0.185. The molecule has 1 aromatic carbocycles. The van der Waals surface area contributed by atoms with E-state index in [-0.39, 0.29) is 12.4 Å². The molecular weight excluding hydrogens is 280 g/mol. The topological polar surface area (TPSA) is 15.3 Å². The summed E-state index contributed by atoms with van der Waals surface area (Å²) in [5.74, 6) is 0.938. The van der Waals surface area contributed by atoms with Crippen LogP contribution in [0, 0.1) is 5.92 Å². The average Bonchev–Trinajstić information content (AvgIpc) is 2.94. The van der Waals surface area contributed by atoms with Crippen LogP contribution in [0.15, 0.2) is 30.3 Å². The number of nitrogens with one attached hydrogen (secondary N) is 1. The normalized spacial score (nSPS) is 23.9. The maximum Gasteiger partial charge on any atom is 0.00990 e. The summed E-state index contributed by atoms with van der Waals surface area (Å²) in [7, 11) is 0. The van der Waals surface area contributed by atoms with Crippen molar-refractivity contribution in [3.8, 4) is 0 Å². The Balaban J connectivity index is 0.00000161. The van der Waals surface area contributed by atoms with Crippen LogP contribution in [-0.2, 0) is 6.42 Å². The molecule has 0 saturated carbocycles. The number of hydrogen-bond donors (Lipinski definition) is 1. The number of likely N-dealkylation sites (tertiary alicyclic amines) is 1. The molecule has 2 aliphatic rings. The Bertz CT molecular complexity index is 389. The first-order valence-electron chi connectivity index (χ1n) is 8.40. The monoisotopic (exact) mass is 308 g/mol. The van der Waals surface area contributed by atoms with Crippen molar-refractivity contribution < 1.29 is 0 Å². The third kappa shape index (κ3) is 4.98. The molecule has 2 aliphatic heterocycles. The number of aryl methyl sites for hydroxylation is 1. The summed E-state index contributed by atoms with van der Waals surface area (Å²) in [5, 5.41) is 3.48. The predicted octanol–water partition coefficient (Wildman–Crippen LogP) is 3.51. The summed E-state index contributed by atoms with van der Waals surface area (Å²) < 4.78 is 0. The molecule has 0 bridgehead atoms. The molecule has 0 spiro atoms. The summed E-state index contributed by atoms with van der Waals surface area (Å²) >= 11 is 0. The molecule has 1 aromatic rings. The molecule has 2 fully saturated rings. The summed E-state index contributed by atoms with van der Waals surface area (Å²) in [6, 6.07) is 11.8. The fourth-order valence-electron chi connectivity index (χ4n) is 3.84. The van der Waals surface area contributed by atoms with Gasteiger partial charge in [-0.15, -0.1) is 12.4 Å². The number of nitrogens with zero attached hydrogens (tertiary/aromatic N) is 1. The van der Waals surface area contributed by atoms with Gasteiger partial charge in [-0.1, -0.05) is 30.3 Å². The minimum absolute atomic E-state index is 0. The zero-order valence-electron chi connectivity index (χ0n) is 13.0. The fraction of sp³-hybridized carbons (Fsp3) is 0.667. The van der Waals surface area contributed by atoms with E-state index in [0.29, 0.717) is 0 Å². The quantitative estimate of drug-likeness (QED) is 0.895. The molecule has 118 valence electrons. The molecule has 0 aliphatic carbocycles. The van der Waals surface area contributed by atoms with Gasteiger partial charge < -0.3 is 10.2 Å². The lowest BCUT2D eigenvalue weighted by Crippen LogP contribution is -2.38. The van der Waals surface area contributed by atoms with Crippen LogP contribution >= 0.6 is 12.4 Å². The Labute approximate surface area is 135 Å². The van der Waals surface area contributed by atoms with E-state index in [1.165, 1.54) is 70.3 Å². The molecule has 1 unspecified atom stereocenters. The Morgan fingerprint density at radius 3 is 2.57 bits per heavy atom. The van der Waals surface area contributed by atoms with Crippen molar-refractivity contribution in [2.75, 3.05) is 26.2 Å². The first kappa shape index (κ1) is 16.8. The fourth-order valence-corrected chi connectivity index (χ4v) is 3.84. The van der Waals surface area contributed by atoms with Gasteiger partial charge in [-0.3, -0.25) is 0 Å². The van der Waals surface area contributed by atoms with E-state index in [2.05, 4.69) is 40.5 Å². The lowest BCUT2D eigenvalue weighted by atomic mass is 9.96. The van der Waals surface area contributed by atoms with Crippen LogP contribution in [0.5, 0.6) is 0 Å². The molecule has 2 nitrogen and oxygen atoms in total. The number of benzene rings is 1. The number of rotatable bonds is 5. The molecule has 3 heteroatoms. The van der Waals surface area contributed by atoms with Crippen LogP contribution in [0.1, 0.15) is 37.7 Å². The van der Waals surface area contributed by atoms with E-state index in [4.69, 9.17) is 0 Å². The molecular formula is C18H29ClN2. The van der Waals surface area contributed by atoms with E-state index < -0.39 is 0 Å². The van der Waals surface area contributed by atoms with Crippen LogP contribution in [0.3, 0.4) is 0 Å². The average molecular weight is 309 g/mol. The summed E-state index contributed by atoms with van der Waals surface area (Å²) in [6.07, 6.45) is 8.16. The van der Waals surface area contributed by atoms with Gasteiger partial charge >= 0.3 is 0 Å². The summed E-state index contributed by atoms with van der Waals surface area (Å²) in [5.41, 5.74) is 1.50. The van der Waals surface area contributed by atoms with Crippen LogP contribution in [0.4, 0.5) is 0 Å². The highest BCUT2D eigenvalue weighted by molar-refractivity contribution is 5.85. The molecule has 0 aromatic heterocycles. The smallest absolute Gasteiger partial charge is 0.00990 e. The first-order valence-corrected chi connectivity index (χ1v) is 8.40. The van der Waals surface area contributed by atoms with Gasteiger partial charge in [0.1, 0.15) is 0 Å². The Kier molecular flexibility index (Phi) is 7.01. The predicted molar refractivity (Wildman–Crippen MR) is 92.2 cm³/mol.